The summed E-state index contributed by atoms with van der Waals surface area (Å²) in [5, 5.41) is 0.775. The van der Waals surface area contributed by atoms with Gasteiger partial charge >= 0.3 is 5.97 Å². The Balaban J connectivity index is 0.00000117. The van der Waals surface area contributed by atoms with E-state index < -0.39 is 0 Å². The van der Waals surface area contributed by atoms with Gasteiger partial charge in [0.2, 0.25) is 0 Å². The van der Waals surface area contributed by atoms with Crippen LogP contribution in [0.1, 0.15) is 72.6 Å². The number of carbonyl (C=O) groups excluding carboxylic acids is 3. The van der Waals surface area contributed by atoms with E-state index in [2.05, 4.69) is 26.8 Å². The molecule has 160 valence electrons. The minimum atomic E-state index is -0.353. The lowest BCUT2D eigenvalue weighted by Gasteiger charge is -2.58. The van der Waals surface area contributed by atoms with Crippen LogP contribution < -0.4 is 0 Å². The molecule has 0 bridgehead atoms. The van der Waals surface area contributed by atoms with Crippen molar-refractivity contribution in [2.24, 2.45) is 28.6 Å². The standard InChI is InChI=1S/C23H31ClO3.CH2O/c1-5-23(27-14(2)25)11-8-18-16-13-20(24)19-12-15(26)6-9-21(19,3)17(16)7-10-22(18,23)4;1-2/h12-13,16-18H,5-11H2,1-4H3;1H2/t16?,17?,18?,21-,22+,23-;/m1./s1. The van der Waals surface area contributed by atoms with E-state index in [1.165, 1.54) is 6.92 Å². The van der Waals surface area contributed by atoms with Crippen LogP contribution in [-0.4, -0.2) is 24.1 Å². The first-order valence-corrected chi connectivity index (χ1v) is 11.2. The largest absolute Gasteiger partial charge is 0.459 e. The first-order chi connectivity index (χ1) is 13.7. The van der Waals surface area contributed by atoms with Crippen LogP contribution in [-0.2, 0) is 19.1 Å². The molecule has 0 aromatic heterocycles. The minimum absolute atomic E-state index is 0.00929. The van der Waals surface area contributed by atoms with Gasteiger partial charge in [0, 0.05) is 23.8 Å². The Bertz CT molecular complexity index is 771. The summed E-state index contributed by atoms with van der Waals surface area (Å²) in [7, 11) is 0. The highest BCUT2D eigenvalue weighted by Crippen LogP contribution is 2.68. The number of ether oxygens (including phenoxy) is 1. The van der Waals surface area contributed by atoms with Crippen molar-refractivity contribution in [1.29, 1.82) is 0 Å². The number of fused-ring (bicyclic) bond motifs is 5. The highest BCUT2D eigenvalue weighted by molar-refractivity contribution is 6.32. The summed E-state index contributed by atoms with van der Waals surface area (Å²) in [6, 6.07) is 0. The second-order valence-electron chi connectivity index (χ2n) is 9.68. The third kappa shape index (κ3) is 3.13. The third-order valence-electron chi connectivity index (χ3n) is 8.76. The molecule has 0 radical (unpaired) electrons. The van der Waals surface area contributed by atoms with Gasteiger partial charge in [-0.15, -0.1) is 0 Å². The van der Waals surface area contributed by atoms with Crippen LogP contribution in [0.2, 0.25) is 0 Å². The van der Waals surface area contributed by atoms with Crippen molar-refractivity contribution in [2.45, 2.75) is 78.2 Å². The predicted octanol–water partition coefficient (Wildman–Crippen LogP) is 5.39. The summed E-state index contributed by atoms with van der Waals surface area (Å²) in [4.78, 5) is 31.9. The molecule has 0 spiro atoms. The van der Waals surface area contributed by atoms with Crippen molar-refractivity contribution in [2.75, 3.05) is 0 Å². The average Bonchev–Trinajstić information content (AvgIpc) is 2.97. The number of hydrogen-bond acceptors (Lipinski definition) is 4. The van der Waals surface area contributed by atoms with E-state index in [0.29, 0.717) is 24.2 Å². The molecule has 0 N–H and O–H groups in total. The Morgan fingerprint density at radius 2 is 1.86 bits per heavy atom. The van der Waals surface area contributed by atoms with Crippen LogP contribution in [0.3, 0.4) is 0 Å². The van der Waals surface area contributed by atoms with E-state index in [1.54, 1.807) is 6.08 Å². The highest BCUT2D eigenvalue weighted by atomic mass is 35.5. The first kappa shape index (κ1) is 22.3. The average molecular weight is 421 g/mol. The monoisotopic (exact) mass is 420 g/mol. The third-order valence-corrected chi connectivity index (χ3v) is 9.09. The van der Waals surface area contributed by atoms with E-state index >= 15 is 0 Å². The fourth-order valence-electron chi connectivity index (χ4n) is 7.26. The molecule has 0 aromatic carbocycles. The second kappa shape index (κ2) is 7.68. The molecule has 6 atom stereocenters. The second-order valence-corrected chi connectivity index (χ2v) is 10.1. The maximum Gasteiger partial charge on any atom is 0.303 e. The van der Waals surface area contributed by atoms with Gasteiger partial charge in [0.15, 0.2) is 5.78 Å². The van der Waals surface area contributed by atoms with Crippen molar-refractivity contribution in [3.8, 4) is 0 Å². The fourth-order valence-corrected chi connectivity index (χ4v) is 7.68. The molecule has 4 aliphatic rings. The Hall–Kier alpha value is -1.42. The summed E-state index contributed by atoms with van der Waals surface area (Å²) >= 11 is 6.75. The van der Waals surface area contributed by atoms with Crippen LogP contribution in [0.4, 0.5) is 0 Å². The smallest absolute Gasteiger partial charge is 0.303 e. The predicted molar refractivity (Wildman–Crippen MR) is 113 cm³/mol. The van der Waals surface area contributed by atoms with E-state index in [9.17, 15) is 9.59 Å². The van der Waals surface area contributed by atoms with Crippen molar-refractivity contribution in [1.82, 2.24) is 0 Å². The lowest BCUT2D eigenvalue weighted by Crippen LogP contribution is -2.55. The van der Waals surface area contributed by atoms with Crippen molar-refractivity contribution < 1.29 is 19.1 Å². The Kier molecular flexibility index (Phi) is 5.90. The molecule has 2 fully saturated rings. The topological polar surface area (TPSA) is 60.4 Å². The summed E-state index contributed by atoms with van der Waals surface area (Å²) < 4.78 is 6.02. The van der Waals surface area contributed by atoms with Crippen LogP contribution in [0.25, 0.3) is 0 Å². The lowest BCUT2D eigenvalue weighted by atomic mass is 9.48. The van der Waals surface area contributed by atoms with Gasteiger partial charge in [-0.2, -0.15) is 0 Å². The molecule has 4 aliphatic carbocycles. The first-order valence-electron chi connectivity index (χ1n) is 10.8. The molecule has 0 saturated heterocycles. The van der Waals surface area contributed by atoms with E-state index in [-0.39, 0.29) is 28.2 Å². The van der Waals surface area contributed by atoms with E-state index in [0.717, 1.165) is 49.1 Å². The molecule has 0 aliphatic heterocycles. The van der Waals surface area contributed by atoms with Crippen molar-refractivity contribution >= 4 is 30.1 Å². The fraction of sp³-hybridized carbons (Fsp3) is 0.708. The van der Waals surface area contributed by atoms with Gasteiger partial charge in [-0.25, -0.2) is 0 Å². The molecule has 4 nitrogen and oxygen atoms in total. The van der Waals surface area contributed by atoms with Crippen molar-refractivity contribution in [3.05, 3.63) is 22.8 Å². The minimum Gasteiger partial charge on any atom is -0.459 e. The molecular weight excluding hydrogens is 388 g/mol. The summed E-state index contributed by atoms with van der Waals surface area (Å²) in [5.74, 6) is 1.42. The zero-order chi connectivity index (χ0) is 21.6. The van der Waals surface area contributed by atoms with Crippen LogP contribution in [0.15, 0.2) is 22.8 Å². The Morgan fingerprint density at radius 1 is 1.21 bits per heavy atom. The number of rotatable bonds is 2. The van der Waals surface area contributed by atoms with Crippen molar-refractivity contribution in [3.63, 3.8) is 0 Å². The van der Waals surface area contributed by atoms with Gasteiger partial charge in [0.25, 0.3) is 0 Å². The maximum absolute atomic E-state index is 12.0. The quantitative estimate of drug-likeness (QED) is 0.562. The van der Waals surface area contributed by atoms with Gasteiger partial charge in [-0.05, 0) is 73.3 Å². The molecule has 29 heavy (non-hydrogen) atoms. The van der Waals surface area contributed by atoms with Gasteiger partial charge < -0.3 is 9.53 Å². The zero-order valence-corrected chi connectivity index (χ0v) is 18.8. The molecule has 2 saturated carbocycles. The number of allylic oxidation sites excluding steroid dienone is 4. The lowest BCUT2D eigenvalue weighted by molar-refractivity contribution is -0.180. The summed E-state index contributed by atoms with van der Waals surface area (Å²) in [5.41, 5.74) is 0.688. The van der Waals surface area contributed by atoms with Crippen LogP contribution >= 0.6 is 11.6 Å². The highest BCUT2D eigenvalue weighted by Gasteiger charge is 2.65. The number of carbonyl (C=O) groups is 3. The maximum atomic E-state index is 12.0. The Labute approximate surface area is 179 Å². The number of halogens is 1. The molecule has 0 aromatic rings. The zero-order valence-electron chi connectivity index (χ0n) is 18.1. The van der Waals surface area contributed by atoms with Crippen LogP contribution in [0, 0.1) is 28.6 Å². The van der Waals surface area contributed by atoms with Gasteiger partial charge in [0.05, 0.1) is 0 Å². The van der Waals surface area contributed by atoms with Crippen LogP contribution in [0.5, 0.6) is 0 Å². The van der Waals surface area contributed by atoms with Gasteiger partial charge in [-0.1, -0.05) is 38.4 Å². The molecule has 0 amide bonds. The van der Waals surface area contributed by atoms with E-state index in [4.69, 9.17) is 21.1 Å². The molecule has 4 rings (SSSR count). The van der Waals surface area contributed by atoms with Gasteiger partial charge in [0.1, 0.15) is 12.4 Å². The summed E-state index contributed by atoms with van der Waals surface area (Å²) in [6.45, 7) is 10.3. The number of ketones is 1. The molecule has 0 heterocycles. The molecular formula is C24H33ClO4. The van der Waals surface area contributed by atoms with E-state index in [1.807, 2.05) is 6.79 Å². The SMILES string of the molecule is C=O.CC[C@@]1(OC(C)=O)CCC2C3C=C(Cl)C4=CC(=O)CC[C@]4(C)C3CC[C@@]21C. The summed E-state index contributed by atoms with van der Waals surface area (Å²) in [6.07, 6.45) is 10.6. The molecule has 3 unspecified atom stereocenters. The molecule has 5 heteroatoms. The number of esters is 1. The van der Waals surface area contributed by atoms with Gasteiger partial charge in [-0.3, -0.25) is 9.59 Å². The normalized spacial score (nSPS) is 42.9. The number of hydrogen-bond donors (Lipinski definition) is 0. The Morgan fingerprint density at radius 3 is 2.48 bits per heavy atom.